The highest BCUT2D eigenvalue weighted by Gasteiger charge is 2.20. The molecule has 130 valence electrons. The van der Waals surface area contributed by atoms with E-state index in [-0.39, 0.29) is 6.03 Å². The molecule has 7 nitrogen and oxygen atoms in total. The van der Waals surface area contributed by atoms with E-state index in [4.69, 9.17) is 4.42 Å². The van der Waals surface area contributed by atoms with Crippen LogP contribution < -0.4 is 0 Å². The predicted octanol–water partition coefficient (Wildman–Crippen LogP) is 3.49. The molecule has 4 rings (SSSR count). The van der Waals surface area contributed by atoms with Crippen molar-refractivity contribution >= 4 is 17.2 Å². The number of benzene rings is 1. The first-order chi connectivity index (χ1) is 12.6. The van der Waals surface area contributed by atoms with Crippen LogP contribution in [-0.4, -0.2) is 37.5 Å². The van der Waals surface area contributed by atoms with Gasteiger partial charge in [-0.05, 0) is 24.6 Å². The molecular weight excluding hydrogens is 330 g/mol. The lowest BCUT2D eigenvalue weighted by molar-refractivity contribution is 0.209. The molecule has 0 spiro atoms. The summed E-state index contributed by atoms with van der Waals surface area (Å²) in [6.07, 6.45) is 3.06. The third-order valence-electron chi connectivity index (χ3n) is 4.06. The lowest BCUT2D eigenvalue weighted by Gasteiger charge is -2.17. The van der Waals surface area contributed by atoms with Gasteiger partial charge in [0.1, 0.15) is 23.4 Å². The zero-order chi connectivity index (χ0) is 18.1. The molecule has 0 aliphatic heterocycles. The zero-order valence-corrected chi connectivity index (χ0v) is 14.5. The van der Waals surface area contributed by atoms with Gasteiger partial charge in [0.25, 0.3) is 0 Å². The summed E-state index contributed by atoms with van der Waals surface area (Å²) in [6, 6.07) is 13.2. The van der Waals surface area contributed by atoms with Crippen molar-refractivity contribution in [2.24, 2.45) is 0 Å². The molecule has 0 bridgehead atoms. The van der Waals surface area contributed by atoms with E-state index < -0.39 is 0 Å². The molecule has 0 atom stereocenters. The van der Waals surface area contributed by atoms with Crippen LogP contribution in [0.5, 0.6) is 0 Å². The third kappa shape index (κ3) is 2.83. The first kappa shape index (κ1) is 16.0. The number of hydrogen-bond acceptors (Lipinski definition) is 5. The fourth-order valence-corrected chi connectivity index (χ4v) is 2.84. The molecule has 0 fully saturated rings. The van der Waals surface area contributed by atoms with Crippen molar-refractivity contribution in [2.75, 3.05) is 7.05 Å². The summed E-state index contributed by atoms with van der Waals surface area (Å²) < 4.78 is 6.89. The average molecular weight is 347 g/mol. The Kier molecular flexibility index (Phi) is 3.96. The van der Waals surface area contributed by atoms with E-state index in [0.717, 1.165) is 5.56 Å². The van der Waals surface area contributed by atoms with Gasteiger partial charge < -0.3 is 9.32 Å². The maximum atomic E-state index is 12.9. The van der Waals surface area contributed by atoms with E-state index in [0.29, 0.717) is 35.0 Å². The Morgan fingerprint density at radius 1 is 1.15 bits per heavy atom. The van der Waals surface area contributed by atoms with E-state index >= 15 is 0 Å². The summed E-state index contributed by atoms with van der Waals surface area (Å²) in [6.45, 7) is 2.27. The number of aryl methyl sites for hydroxylation is 1. The van der Waals surface area contributed by atoms with Crippen molar-refractivity contribution in [2.45, 2.75) is 13.5 Å². The highest BCUT2D eigenvalue weighted by atomic mass is 16.3. The van der Waals surface area contributed by atoms with Crippen LogP contribution in [0.25, 0.3) is 22.6 Å². The fraction of sp³-hybridized carbons (Fsp3) is 0.158. The second-order valence-electron chi connectivity index (χ2n) is 6.01. The Bertz CT molecular complexity index is 1050. The molecule has 3 aromatic heterocycles. The van der Waals surface area contributed by atoms with Gasteiger partial charge in [-0.25, -0.2) is 24.3 Å². The lowest BCUT2D eigenvalue weighted by Crippen LogP contribution is -2.30. The Balaban J connectivity index is 1.72. The highest BCUT2D eigenvalue weighted by molar-refractivity contribution is 5.92. The Hall–Kier alpha value is -3.48. The van der Waals surface area contributed by atoms with Crippen molar-refractivity contribution < 1.29 is 9.21 Å². The summed E-state index contributed by atoms with van der Waals surface area (Å²) in [5, 5.41) is 0. The molecule has 0 radical (unpaired) electrons. The summed E-state index contributed by atoms with van der Waals surface area (Å²) in [7, 11) is 1.75. The number of furan rings is 1. The number of carbonyl (C=O) groups is 1. The smallest absolute Gasteiger partial charge is 0.331 e. The first-order valence-electron chi connectivity index (χ1n) is 8.18. The van der Waals surface area contributed by atoms with Crippen LogP contribution in [0, 0.1) is 6.92 Å². The van der Waals surface area contributed by atoms with Gasteiger partial charge in [-0.2, -0.15) is 0 Å². The first-order valence-corrected chi connectivity index (χ1v) is 8.18. The number of aromatic nitrogens is 4. The zero-order valence-electron chi connectivity index (χ0n) is 14.5. The number of rotatable bonds is 3. The minimum absolute atomic E-state index is 0.208. The van der Waals surface area contributed by atoms with Crippen LogP contribution >= 0.6 is 0 Å². The molecule has 1 aromatic carbocycles. The average Bonchev–Trinajstić information content (AvgIpc) is 3.31. The molecule has 0 unspecified atom stereocenters. The molecule has 7 heteroatoms. The molecule has 3 heterocycles. The largest absolute Gasteiger partial charge is 0.463 e. The standard InChI is InChI=1S/C19H17N5O2/c1-13-21-16(15-9-6-10-26-15)17-18(22-13)24(12-20-17)19(25)23(2)11-14-7-4-3-5-8-14/h3-10,12H,11H2,1-2H3. The molecular formula is C19H17N5O2. The number of hydrogen-bond donors (Lipinski definition) is 0. The van der Waals surface area contributed by atoms with Gasteiger partial charge in [-0.1, -0.05) is 30.3 Å². The number of nitrogens with zero attached hydrogens (tertiary/aromatic N) is 5. The number of amides is 1. The van der Waals surface area contributed by atoms with E-state index in [9.17, 15) is 4.79 Å². The molecule has 0 aliphatic rings. The van der Waals surface area contributed by atoms with Gasteiger partial charge in [0, 0.05) is 13.6 Å². The van der Waals surface area contributed by atoms with Crippen LogP contribution in [0.4, 0.5) is 4.79 Å². The van der Waals surface area contributed by atoms with Gasteiger partial charge in [0.05, 0.1) is 6.26 Å². The van der Waals surface area contributed by atoms with E-state index in [1.54, 1.807) is 31.2 Å². The molecule has 1 amide bonds. The number of imidazole rings is 1. The topological polar surface area (TPSA) is 77.0 Å². The van der Waals surface area contributed by atoms with Gasteiger partial charge in [-0.3, -0.25) is 0 Å². The molecule has 4 aromatic rings. The van der Waals surface area contributed by atoms with Gasteiger partial charge in [0.2, 0.25) is 0 Å². The fourth-order valence-electron chi connectivity index (χ4n) is 2.84. The van der Waals surface area contributed by atoms with E-state index in [1.807, 2.05) is 36.4 Å². The Morgan fingerprint density at radius 2 is 1.96 bits per heavy atom. The molecule has 0 saturated heterocycles. The van der Waals surface area contributed by atoms with Crippen molar-refractivity contribution in [3.05, 3.63) is 66.4 Å². The second-order valence-corrected chi connectivity index (χ2v) is 6.01. The van der Waals surface area contributed by atoms with Crippen LogP contribution in [0.1, 0.15) is 11.4 Å². The highest BCUT2D eigenvalue weighted by Crippen LogP contribution is 2.25. The molecule has 0 saturated carbocycles. The van der Waals surface area contributed by atoms with Crippen molar-refractivity contribution in [1.82, 2.24) is 24.4 Å². The maximum absolute atomic E-state index is 12.9. The van der Waals surface area contributed by atoms with Crippen LogP contribution in [0.15, 0.2) is 59.5 Å². The lowest BCUT2D eigenvalue weighted by atomic mass is 10.2. The van der Waals surface area contributed by atoms with Gasteiger partial charge in [0.15, 0.2) is 11.4 Å². The van der Waals surface area contributed by atoms with Crippen LogP contribution in [-0.2, 0) is 6.54 Å². The maximum Gasteiger partial charge on any atom is 0.331 e. The van der Waals surface area contributed by atoms with Crippen LogP contribution in [0.2, 0.25) is 0 Å². The van der Waals surface area contributed by atoms with Crippen molar-refractivity contribution in [1.29, 1.82) is 0 Å². The normalized spacial score (nSPS) is 11.0. The number of carbonyl (C=O) groups excluding carboxylic acids is 1. The predicted molar refractivity (Wildman–Crippen MR) is 96.5 cm³/mol. The van der Waals surface area contributed by atoms with Gasteiger partial charge in [-0.15, -0.1) is 0 Å². The Labute approximate surface area is 149 Å². The molecule has 0 aliphatic carbocycles. The van der Waals surface area contributed by atoms with E-state index in [1.165, 1.54) is 10.9 Å². The minimum Gasteiger partial charge on any atom is -0.463 e. The monoisotopic (exact) mass is 347 g/mol. The minimum atomic E-state index is -0.208. The van der Waals surface area contributed by atoms with E-state index in [2.05, 4.69) is 15.0 Å². The summed E-state index contributed by atoms with van der Waals surface area (Å²) in [4.78, 5) is 27.7. The Morgan fingerprint density at radius 3 is 2.69 bits per heavy atom. The third-order valence-corrected chi connectivity index (χ3v) is 4.06. The summed E-state index contributed by atoms with van der Waals surface area (Å²) in [5.41, 5.74) is 2.63. The number of fused-ring (bicyclic) bond motifs is 1. The molecule has 0 N–H and O–H groups in total. The SMILES string of the molecule is Cc1nc(-c2ccco2)c2ncn(C(=O)N(C)Cc3ccccc3)c2n1. The van der Waals surface area contributed by atoms with Crippen molar-refractivity contribution in [3.8, 4) is 11.5 Å². The second kappa shape index (κ2) is 6.44. The summed E-state index contributed by atoms with van der Waals surface area (Å²) in [5.74, 6) is 1.14. The molecule has 26 heavy (non-hydrogen) atoms. The van der Waals surface area contributed by atoms with Gasteiger partial charge >= 0.3 is 6.03 Å². The quantitative estimate of drug-likeness (QED) is 0.567. The van der Waals surface area contributed by atoms with Crippen LogP contribution in [0.3, 0.4) is 0 Å². The van der Waals surface area contributed by atoms with Crippen molar-refractivity contribution in [3.63, 3.8) is 0 Å². The summed E-state index contributed by atoms with van der Waals surface area (Å²) >= 11 is 0.